The normalized spacial score (nSPS) is 29.8. The van der Waals surface area contributed by atoms with Gasteiger partial charge in [-0.05, 0) is 32.8 Å². The minimum absolute atomic E-state index is 0.201. The summed E-state index contributed by atoms with van der Waals surface area (Å²) < 4.78 is 12.1. The van der Waals surface area contributed by atoms with E-state index in [0.29, 0.717) is 0 Å². The molecular weight excluding hydrogens is 250 g/mol. The van der Waals surface area contributed by atoms with Gasteiger partial charge in [0.15, 0.2) is 0 Å². The molecule has 1 aromatic rings. The van der Waals surface area contributed by atoms with Crippen molar-refractivity contribution in [2.45, 2.75) is 70.1 Å². The summed E-state index contributed by atoms with van der Waals surface area (Å²) >= 11 is 0. The number of rotatable bonds is 1. The van der Waals surface area contributed by atoms with Gasteiger partial charge in [0, 0.05) is 35.1 Å². The summed E-state index contributed by atoms with van der Waals surface area (Å²) in [5.74, 6) is 2.14. The van der Waals surface area contributed by atoms with Crippen LogP contribution < -0.4 is 15.2 Å². The first-order valence-electron chi connectivity index (χ1n) is 7.88. The van der Waals surface area contributed by atoms with Crippen LogP contribution in [0.1, 0.15) is 56.2 Å². The minimum Gasteiger partial charge on any atom is -0.490 e. The molecule has 3 aliphatic rings. The number of ether oxygens (including phenoxy) is 2. The van der Waals surface area contributed by atoms with Gasteiger partial charge in [-0.25, -0.2) is 0 Å². The Balaban J connectivity index is 1.92. The summed E-state index contributed by atoms with van der Waals surface area (Å²) in [6.07, 6.45) is 7.05. The number of benzene rings is 1. The minimum atomic E-state index is -0.201. The summed E-state index contributed by atoms with van der Waals surface area (Å²) in [5, 5.41) is 0. The van der Waals surface area contributed by atoms with Gasteiger partial charge in [0.2, 0.25) is 0 Å². The molecule has 108 valence electrons. The van der Waals surface area contributed by atoms with E-state index in [1.807, 2.05) is 0 Å². The predicted octanol–water partition coefficient (Wildman–Crippen LogP) is 3.06. The molecule has 1 aromatic carbocycles. The van der Waals surface area contributed by atoms with Crippen LogP contribution in [0.15, 0.2) is 6.07 Å². The average molecular weight is 273 g/mol. The van der Waals surface area contributed by atoms with Crippen LogP contribution in [0.25, 0.3) is 0 Å². The first kappa shape index (κ1) is 12.5. The lowest BCUT2D eigenvalue weighted by molar-refractivity contribution is 0.246. The maximum Gasteiger partial charge on any atom is 0.128 e. The molecule has 3 heteroatoms. The van der Waals surface area contributed by atoms with Crippen LogP contribution in [0.5, 0.6) is 11.5 Å². The molecule has 1 fully saturated rings. The molecule has 0 aromatic heterocycles. The quantitative estimate of drug-likeness (QED) is 0.855. The molecule has 3 nitrogen and oxygen atoms in total. The molecule has 2 heterocycles. The molecule has 0 amide bonds. The Morgan fingerprint density at radius 2 is 1.80 bits per heavy atom. The van der Waals surface area contributed by atoms with E-state index >= 15 is 0 Å². The van der Waals surface area contributed by atoms with E-state index < -0.39 is 0 Å². The smallest absolute Gasteiger partial charge is 0.128 e. The van der Waals surface area contributed by atoms with Gasteiger partial charge in [-0.15, -0.1) is 0 Å². The van der Waals surface area contributed by atoms with Gasteiger partial charge in [-0.1, -0.05) is 12.8 Å². The van der Waals surface area contributed by atoms with Gasteiger partial charge < -0.3 is 15.2 Å². The molecular formula is C17H23NO2. The summed E-state index contributed by atoms with van der Waals surface area (Å²) in [5.41, 5.74) is 10.5. The first-order valence-corrected chi connectivity index (χ1v) is 7.88. The van der Waals surface area contributed by atoms with Crippen molar-refractivity contribution in [1.82, 2.24) is 0 Å². The second-order valence-corrected chi connectivity index (χ2v) is 6.84. The Labute approximate surface area is 120 Å². The van der Waals surface area contributed by atoms with E-state index in [2.05, 4.69) is 19.9 Å². The molecule has 2 N–H and O–H groups in total. The summed E-state index contributed by atoms with van der Waals surface area (Å²) in [7, 11) is 0. The fourth-order valence-electron chi connectivity index (χ4n) is 4.21. The lowest BCUT2D eigenvalue weighted by Crippen LogP contribution is -2.34. The number of nitrogens with two attached hydrogens (primary N) is 1. The molecule has 0 saturated heterocycles. The fourth-order valence-corrected chi connectivity index (χ4v) is 4.21. The van der Waals surface area contributed by atoms with Crippen LogP contribution in [0.3, 0.4) is 0 Å². The van der Waals surface area contributed by atoms with Crippen LogP contribution in [-0.2, 0) is 18.4 Å². The molecule has 2 aliphatic heterocycles. The van der Waals surface area contributed by atoms with E-state index in [9.17, 15) is 0 Å². The van der Waals surface area contributed by atoms with Crippen LogP contribution in [0.4, 0.5) is 0 Å². The lowest BCUT2D eigenvalue weighted by Gasteiger charge is -2.28. The number of fused-ring (bicyclic) bond motifs is 2. The Bertz CT molecular complexity index is 524. The predicted molar refractivity (Wildman–Crippen MR) is 78.4 cm³/mol. The van der Waals surface area contributed by atoms with Crippen molar-refractivity contribution in [3.8, 4) is 11.5 Å². The molecule has 4 rings (SSSR count). The topological polar surface area (TPSA) is 44.5 Å². The fraction of sp³-hybridized carbons (Fsp3) is 0.647. The maximum atomic E-state index is 6.78. The zero-order valence-electron chi connectivity index (χ0n) is 12.4. The van der Waals surface area contributed by atoms with E-state index in [1.54, 1.807) is 0 Å². The van der Waals surface area contributed by atoms with E-state index in [-0.39, 0.29) is 17.7 Å². The van der Waals surface area contributed by atoms with E-state index in [1.165, 1.54) is 29.5 Å². The van der Waals surface area contributed by atoms with Crippen molar-refractivity contribution in [3.05, 3.63) is 22.8 Å². The number of hydrogen-bond donors (Lipinski definition) is 1. The van der Waals surface area contributed by atoms with Crippen molar-refractivity contribution < 1.29 is 9.47 Å². The molecule has 0 radical (unpaired) electrons. The van der Waals surface area contributed by atoms with Crippen LogP contribution in [0, 0.1) is 0 Å². The standard InChI is InChI=1S/C17H23NO2/c1-10-7-12-9-14-13(8-11(2)19-14)15(16(12)20-10)17(18)5-3-4-6-17/h9-11H,3-8,18H2,1-2H3. The molecule has 20 heavy (non-hydrogen) atoms. The summed E-state index contributed by atoms with van der Waals surface area (Å²) in [6, 6.07) is 2.19. The van der Waals surface area contributed by atoms with Crippen molar-refractivity contribution in [2.24, 2.45) is 5.73 Å². The van der Waals surface area contributed by atoms with Gasteiger partial charge in [0.05, 0.1) is 0 Å². The van der Waals surface area contributed by atoms with Gasteiger partial charge in [0.1, 0.15) is 23.7 Å². The average Bonchev–Trinajstić information content (AvgIpc) is 3.03. The SMILES string of the molecule is CC1Cc2c(cc3c(c2C2(N)CCCC2)OC(C)C3)O1. The Morgan fingerprint density at radius 1 is 1.10 bits per heavy atom. The van der Waals surface area contributed by atoms with Crippen molar-refractivity contribution in [3.63, 3.8) is 0 Å². The summed E-state index contributed by atoms with van der Waals surface area (Å²) in [4.78, 5) is 0. The lowest BCUT2D eigenvalue weighted by atomic mass is 9.82. The van der Waals surface area contributed by atoms with Crippen molar-refractivity contribution in [2.75, 3.05) is 0 Å². The zero-order valence-corrected chi connectivity index (χ0v) is 12.4. The highest BCUT2D eigenvalue weighted by Crippen LogP contribution is 2.50. The second-order valence-electron chi connectivity index (χ2n) is 6.84. The van der Waals surface area contributed by atoms with Gasteiger partial charge in [-0.3, -0.25) is 0 Å². The third-order valence-electron chi connectivity index (χ3n) is 5.06. The van der Waals surface area contributed by atoms with Crippen molar-refractivity contribution in [1.29, 1.82) is 0 Å². The molecule has 0 bridgehead atoms. The Kier molecular flexibility index (Phi) is 2.59. The monoisotopic (exact) mass is 273 g/mol. The van der Waals surface area contributed by atoms with Crippen molar-refractivity contribution >= 4 is 0 Å². The first-order chi connectivity index (χ1) is 9.57. The van der Waals surface area contributed by atoms with Gasteiger partial charge in [0.25, 0.3) is 0 Å². The Hall–Kier alpha value is -1.22. The van der Waals surface area contributed by atoms with Crippen LogP contribution in [-0.4, -0.2) is 12.2 Å². The molecule has 0 spiro atoms. The van der Waals surface area contributed by atoms with Gasteiger partial charge >= 0.3 is 0 Å². The maximum absolute atomic E-state index is 6.78. The highest BCUT2D eigenvalue weighted by Gasteiger charge is 2.41. The molecule has 1 saturated carbocycles. The third kappa shape index (κ3) is 1.69. The highest BCUT2D eigenvalue weighted by atomic mass is 16.5. The summed E-state index contributed by atoms with van der Waals surface area (Å²) in [6.45, 7) is 4.27. The van der Waals surface area contributed by atoms with Crippen LogP contribution in [0.2, 0.25) is 0 Å². The molecule has 2 unspecified atom stereocenters. The van der Waals surface area contributed by atoms with Gasteiger partial charge in [-0.2, -0.15) is 0 Å². The van der Waals surface area contributed by atoms with E-state index in [0.717, 1.165) is 37.2 Å². The zero-order chi connectivity index (χ0) is 13.9. The number of hydrogen-bond acceptors (Lipinski definition) is 3. The largest absolute Gasteiger partial charge is 0.490 e. The Morgan fingerprint density at radius 3 is 2.55 bits per heavy atom. The molecule has 1 aliphatic carbocycles. The second kappa shape index (κ2) is 4.14. The highest BCUT2D eigenvalue weighted by molar-refractivity contribution is 5.60. The third-order valence-corrected chi connectivity index (χ3v) is 5.06. The molecule has 2 atom stereocenters. The van der Waals surface area contributed by atoms with E-state index in [4.69, 9.17) is 15.2 Å². The van der Waals surface area contributed by atoms with Crippen LogP contribution >= 0.6 is 0 Å².